The van der Waals surface area contributed by atoms with E-state index in [0.717, 1.165) is 11.1 Å². The van der Waals surface area contributed by atoms with Crippen LogP contribution in [0, 0.1) is 0 Å². The predicted molar refractivity (Wildman–Crippen MR) is 117 cm³/mol. The number of pyridine rings is 1. The van der Waals surface area contributed by atoms with Crippen LogP contribution in [-0.4, -0.2) is 23.5 Å². The topological polar surface area (TPSA) is 94.7 Å². The van der Waals surface area contributed by atoms with Crippen LogP contribution in [0.25, 0.3) is 0 Å². The quantitative estimate of drug-likeness (QED) is 0.561. The van der Waals surface area contributed by atoms with Gasteiger partial charge >= 0.3 is 11.9 Å². The molecular formula is C24H20ClNO6. The molecule has 7 nitrogen and oxygen atoms in total. The monoisotopic (exact) mass is 453 g/mol. The molecule has 1 aliphatic rings. The van der Waals surface area contributed by atoms with Crippen molar-refractivity contribution in [2.24, 2.45) is 0 Å². The van der Waals surface area contributed by atoms with Crippen LogP contribution >= 0.6 is 11.6 Å². The highest BCUT2D eigenvalue weighted by atomic mass is 35.5. The third-order valence-corrected chi connectivity index (χ3v) is 5.52. The Labute approximate surface area is 188 Å². The zero-order valence-corrected chi connectivity index (χ0v) is 18.0. The van der Waals surface area contributed by atoms with Gasteiger partial charge in [-0.15, -0.1) is 0 Å². The summed E-state index contributed by atoms with van der Waals surface area (Å²) in [5.74, 6) is -1.20. The zero-order chi connectivity index (χ0) is 22.7. The van der Waals surface area contributed by atoms with Gasteiger partial charge in [-0.05, 0) is 30.7 Å². The van der Waals surface area contributed by atoms with E-state index in [4.69, 9.17) is 25.8 Å². The van der Waals surface area contributed by atoms with Crippen LogP contribution in [0.3, 0.4) is 0 Å². The largest absolute Gasteiger partial charge is 0.489 e. The fraction of sp³-hybridized carbons (Fsp3) is 0.208. The standard InChI is InChI=1S/C24H20ClNO6/c1-2-30-24(29)18-12-26-23(28)21-17(11-20(27)32-22(18)21)14-7-9-16(10-8-14)31-13-15-5-3-4-6-19(15)25/h3-10,12,17H,2,11,13H2,1H3,(H,26,28). The van der Waals surface area contributed by atoms with Gasteiger partial charge in [-0.25, -0.2) is 4.79 Å². The molecule has 4 rings (SSSR count). The van der Waals surface area contributed by atoms with Crippen molar-refractivity contribution < 1.29 is 23.8 Å². The van der Waals surface area contributed by atoms with Gasteiger partial charge in [0.2, 0.25) is 0 Å². The molecular weight excluding hydrogens is 434 g/mol. The molecule has 0 radical (unpaired) electrons. The summed E-state index contributed by atoms with van der Waals surface area (Å²) in [4.78, 5) is 39.7. The molecule has 0 spiro atoms. The lowest BCUT2D eigenvalue weighted by atomic mass is 9.86. The molecule has 0 fully saturated rings. The van der Waals surface area contributed by atoms with Crippen LogP contribution in [0.1, 0.15) is 46.3 Å². The number of nitrogens with one attached hydrogen (secondary N) is 1. The molecule has 32 heavy (non-hydrogen) atoms. The van der Waals surface area contributed by atoms with E-state index in [0.29, 0.717) is 17.4 Å². The highest BCUT2D eigenvalue weighted by Gasteiger charge is 2.34. The molecule has 0 aliphatic carbocycles. The number of esters is 2. The van der Waals surface area contributed by atoms with Gasteiger partial charge in [0, 0.05) is 22.7 Å². The Kier molecular flexibility index (Phi) is 6.28. The minimum atomic E-state index is -0.670. The molecule has 1 unspecified atom stereocenters. The third kappa shape index (κ3) is 4.38. The predicted octanol–water partition coefficient (Wildman–Crippen LogP) is 4.23. The minimum Gasteiger partial charge on any atom is -0.489 e. The number of aromatic amines is 1. The van der Waals surface area contributed by atoms with Crippen LogP contribution in [0.5, 0.6) is 11.5 Å². The second kappa shape index (κ2) is 9.28. The highest BCUT2D eigenvalue weighted by molar-refractivity contribution is 6.31. The molecule has 2 aromatic carbocycles. The Morgan fingerprint density at radius 2 is 1.91 bits per heavy atom. The lowest BCUT2D eigenvalue weighted by molar-refractivity contribution is -0.135. The second-order valence-corrected chi connectivity index (χ2v) is 7.58. The van der Waals surface area contributed by atoms with Crippen LogP contribution in [0.2, 0.25) is 5.02 Å². The molecule has 1 atom stereocenters. The van der Waals surface area contributed by atoms with Gasteiger partial charge in [-0.1, -0.05) is 41.9 Å². The second-order valence-electron chi connectivity index (χ2n) is 7.17. The van der Waals surface area contributed by atoms with Crippen molar-refractivity contribution in [1.29, 1.82) is 0 Å². The molecule has 0 bridgehead atoms. The normalized spacial score (nSPS) is 14.9. The Hall–Kier alpha value is -3.58. The first-order chi connectivity index (χ1) is 15.5. The summed E-state index contributed by atoms with van der Waals surface area (Å²) in [6, 6.07) is 14.5. The summed E-state index contributed by atoms with van der Waals surface area (Å²) in [6.45, 7) is 2.13. The summed E-state index contributed by atoms with van der Waals surface area (Å²) in [5.41, 5.74) is 1.39. The number of benzene rings is 2. The van der Waals surface area contributed by atoms with Crippen molar-refractivity contribution in [3.63, 3.8) is 0 Å². The van der Waals surface area contributed by atoms with Crippen molar-refractivity contribution >= 4 is 23.5 Å². The van der Waals surface area contributed by atoms with Crippen molar-refractivity contribution in [3.8, 4) is 11.5 Å². The number of H-pyrrole nitrogens is 1. The van der Waals surface area contributed by atoms with E-state index in [1.54, 1.807) is 37.3 Å². The highest BCUT2D eigenvalue weighted by Crippen LogP contribution is 2.39. The smallest absolute Gasteiger partial charge is 0.343 e. The van der Waals surface area contributed by atoms with Crippen LogP contribution in [0.4, 0.5) is 0 Å². The summed E-state index contributed by atoms with van der Waals surface area (Å²) < 4.78 is 16.1. The van der Waals surface area contributed by atoms with Gasteiger partial charge in [0.15, 0.2) is 5.75 Å². The fourth-order valence-corrected chi connectivity index (χ4v) is 3.79. The lowest BCUT2D eigenvalue weighted by Crippen LogP contribution is -2.30. The first-order valence-corrected chi connectivity index (χ1v) is 10.4. The molecule has 8 heteroatoms. The maximum Gasteiger partial charge on any atom is 0.343 e. The van der Waals surface area contributed by atoms with Crippen LogP contribution in [-0.2, 0) is 16.1 Å². The van der Waals surface area contributed by atoms with E-state index < -0.39 is 23.4 Å². The van der Waals surface area contributed by atoms with E-state index in [2.05, 4.69) is 4.98 Å². The van der Waals surface area contributed by atoms with Gasteiger partial charge < -0.3 is 19.2 Å². The lowest BCUT2D eigenvalue weighted by Gasteiger charge is -2.25. The summed E-state index contributed by atoms with van der Waals surface area (Å²) >= 11 is 6.16. The number of carbonyl (C=O) groups excluding carboxylic acids is 2. The van der Waals surface area contributed by atoms with Gasteiger partial charge in [0.05, 0.1) is 18.6 Å². The molecule has 1 aliphatic heterocycles. The molecule has 0 saturated carbocycles. The van der Waals surface area contributed by atoms with Gasteiger partial charge in [0.25, 0.3) is 5.56 Å². The molecule has 2 heterocycles. The Morgan fingerprint density at radius 3 is 2.62 bits per heavy atom. The van der Waals surface area contributed by atoms with Crippen LogP contribution < -0.4 is 15.0 Å². The van der Waals surface area contributed by atoms with Crippen molar-refractivity contribution in [3.05, 3.63) is 92.4 Å². The van der Waals surface area contributed by atoms with E-state index in [-0.39, 0.29) is 29.9 Å². The van der Waals surface area contributed by atoms with E-state index >= 15 is 0 Å². The van der Waals surface area contributed by atoms with Crippen molar-refractivity contribution in [2.45, 2.75) is 25.9 Å². The van der Waals surface area contributed by atoms with E-state index in [1.165, 1.54) is 6.20 Å². The number of carbonyl (C=O) groups is 2. The van der Waals surface area contributed by atoms with Crippen molar-refractivity contribution in [1.82, 2.24) is 4.98 Å². The molecule has 0 amide bonds. The Bertz CT molecular complexity index is 1220. The van der Waals surface area contributed by atoms with Gasteiger partial charge in [0.1, 0.15) is 17.9 Å². The Morgan fingerprint density at radius 1 is 1.16 bits per heavy atom. The maximum absolute atomic E-state index is 12.6. The third-order valence-electron chi connectivity index (χ3n) is 5.15. The summed E-state index contributed by atoms with van der Waals surface area (Å²) in [5, 5.41) is 0.623. The van der Waals surface area contributed by atoms with E-state index in [9.17, 15) is 14.4 Å². The van der Waals surface area contributed by atoms with Gasteiger partial charge in [-0.3, -0.25) is 9.59 Å². The average Bonchev–Trinajstić information content (AvgIpc) is 2.78. The van der Waals surface area contributed by atoms with Crippen LogP contribution in [0.15, 0.2) is 59.5 Å². The first kappa shape index (κ1) is 21.6. The maximum atomic E-state index is 12.6. The number of rotatable bonds is 6. The summed E-state index contributed by atoms with van der Waals surface area (Å²) in [6.07, 6.45) is 1.18. The number of hydrogen-bond donors (Lipinski definition) is 1. The number of hydrogen-bond acceptors (Lipinski definition) is 6. The number of ether oxygens (including phenoxy) is 3. The fourth-order valence-electron chi connectivity index (χ4n) is 3.60. The number of fused-ring (bicyclic) bond motifs is 1. The SMILES string of the molecule is CCOC(=O)c1c[nH]c(=O)c2c1OC(=O)CC2c1ccc(OCc2ccccc2Cl)cc1. The molecule has 1 N–H and O–H groups in total. The first-order valence-electron chi connectivity index (χ1n) is 10.1. The number of aromatic nitrogens is 1. The van der Waals surface area contributed by atoms with Crippen molar-refractivity contribution in [2.75, 3.05) is 6.61 Å². The Balaban J connectivity index is 1.61. The number of halogens is 1. The minimum absolute atomic E-state index is 0.0131. The summed E-state index contributed by atoms with van der Waals surface area (Å²) in [7, 11) is 0. The zero-order valence-electron chi connectivity index (χ0n) is 17.2. The van der Waals surface area contributed by atoms with Gasteiger partial charge in [-0.2, -0.15) is 0 Å². The molecule has 3 aromatic rings. The molecule has 0 saturated heterocycles. The average molecular weight is 454 g/mol. The molecule has 1 aromatic heterocycles. The molecule has 164 valence electrons. The van der Waals surface area contributed by atoms with E-state index in [1.807, 2.05) is 18.2 Å².